The fourth-order valence-corrected chi connectivity index (χ4v) is 0.254. The zero-order valence-electron chi connectivity index (χ0n) is 8.06. The first-order valence-corrected chi connectivity index (χ1v) is 3.73. The summed E-state index contributed by atoms with van der Waals surface area (Å²) < 4.78 is 0. The number of hydrogen-bond donors (Lipinski definition) is 0. The van der Waals surface area contributed by atoms with Gasteiger partial charge in [-0.25, -0.2) is 0 Å². The molecule has 0 aromatic heterocycles. The van der Waals surface area contributed by atoms with Crippen molar-refractivity contribution in [1.29, 1.82) is 0 Å². The minimum atomic E-state index is 0. The van der Waals surface area contributed by atoms with Crippen LogP contribution in [0.2, 0.25) is 0 Å². The molecule has 0 atom stereocenters. The topological polar surface area (TPSA) is 0 Å². The molecule has 0 fully saturated rings. The summed E-state index contributed by atoms with van der Waals surface area (Å²) in [5, 5.41) is 0. The monoisotopic (exact) mass is 184 g/mol. The van der Waals surface area contributed by atoms with E-state index in [1.807, 2.05) is 26.8 Å². The first-order chi connectivity index (χ1) is 5.31. The molecule has 0 saturated carbocycles. The van der Waals surface area contributed by atoms with Gasteiger partial charge in [0.05, 0.1) is 0 Å². The van der Waals surface area contributed by atoms with E-state index >= 15 is 0 Å². The van der Waals surface area contributed by atoms with Crippen LogP contribution in [-0.4, -0.2) is 0 Å². The van der Waals surface area contributed by atoms with Gasteiger partial charge in [0.15, 0.2) is 0 Å². The van der Waals surface area contributed by atoms with Crippen molar-refractivity contribution >= 4 is 0 Å². The SMILES string of the molecule is C.C.C=C.C=C/C=C(/C)C=C.CC. The van der Waals surface area contributed by atoms with Gasteiger partial charge >= 0.3 is 0 Å². The molecule has 13 heavy (non-hydrogen) atoms. The molecule has 0 spiro atoms. The Balaban J connectivity index is -0.0000000315. The van der Waals surface area contributed by atoms with Crippen LogP contribution in [0.5, 0.6) is 0 Å². The Morgan fingerprint density at radius 2 is 1.31 bits per heavy atom. The Morgan fingerprint density at radius 3 is 1.38 bits per heavy atom. The normalized spacial score (nSPS) is 6.54. The Kier molecular flexibility index (Phi) is 101. The molecule has 0 heterocycles. The van der Waals surface area contributed by atoms with Gasteiger partial charge in [0.2, 0.25) is 0 Å². The molecule has 0 aromatic rings. The second-order valence-electron chi connectivity index (χ2n) is 1.35. The number of hydrogen-bond acceptors (Lipinski definition) is 0. The van der Waals surface area contributed by atoms with Gasteiger partial charge in [-0.3, -0.25) is 0 Å². The zero-order chi connectivity index (χ0) is 9.70. The van der Waals surface area contributed by atoms with Crippen LogP contribution < -0.4 is 0 Å². The first kappa shape index (κ1) is 29.7. The van der Waals surface area contributed by atoms with E-state index in [1.54, 1.807) is 12.2 Å². The highest BCUT2D eigenvalue weighted by molar-refractivity contribution is 5.17. The van der Waals surface area contributed by atoms with E-state index < -0.39 is 0 Å². The third-order valence-corrected chi connectivity index (χ3v) is 0.703. The van der Waals surface area contributed by atoms with Crippen LogP contribution in [0.25, 0.3) is 0 Å². The molecule has 0 amide bonds. The summed E-state index contributed by atoms with van der Waals surface area (Å²) in [6.45, 7) is 19.1. The molecule has 0 unspecified atom stereocenters. The van der Waals surface area contributed by atoms with E-state index in [0.717, 1.165) is 5.57 Å². The quantitative estimate of drug-likeness (QED) is 0.398. The molecule has 0 aromatic carbocycles. The molecular weight excluding hydrogens is 156 g/mol. The van der Waals surface area contributed by atoms with E-state index in [2.05, 4.69) is 26.3 Å². The molecule has 80 valence electrons. The van der Waals surface area contributed by atoms with Crippen molar-refractivity contribution in [2.45, 2.75) is 35.6 Å². The van der Waals surface area contributed by atoms with E-state index in [4.69, 9.17) is 0 Å². The van der Waals surface area contributed by atoms with Gasteiger partial charge in [0, 0.05) is 0 Å². The Morgan fingerprint density at radius 1 is 1.00 bits per heavy atom. The van der Waals surface area contributed by atoms with Crippen molar-refractivity contribution in [3.05, 3.63) is 50.1 Å². The maximum atomic E-state index is 3.56. The van der Waals surface area contributed by atoms with Crippen molar-refractivity contribution in [2.24, 2.45) is 0 Å². The zero-order valence-corrected chi connectivity index (χ0v) is 8.06. The van der Waals surface area contributed by atoms with Crippen molar-refractivity contribution in [2.75, 3.05) is 0 Å². The van der Waals surface area contributed by atoms with Crippen molar-refractivity contribution in [3.63, 3.8) is 0 Å². The summed E-state index contributed by atoms with van der Waals surface area (Å²) in [4.78, 5) is 0. The molecular formula is C13H28. The average Bonchev–Trinajstić information content (AvgIpc) is 2.12. The second kappa shape index (κ2) is 44.2. The van der Waals surface area contributed by atoms with E-state index in [1.165, 1.54) is 0 Å². The highest BCUT2D eigenvalue weighted by atomic mass is 13.8. The lowest BCUT2D eigenvalue weighted by Crippen LogP contribution is -1.58. The minimum absolute atomic E-state index is 0. The van der Waals surface area contributed by atoms with E-state index in [-0.39, 0.29) is 14.9 Å². The Hall–Kier alpha value is -1.04. The maximum absolute atomic E-state index is 3.56. The van der Waals surface area contributed by atoms with Crippen LogP contribution in [0.1, 0.15) is 35.6 Å². The third-order valence-electron chi connectivity index (χ3n) is 0.703. The van der Waals surface area contributed by atoms with E-state index in [9.17, 15) is 0 Å². The van der Waals surface area contributed by atoms with Crippen LogP contribution in [0.3, 0.4) is 0 Å². The Labute approximate surface area is 86.4 Å². The first-order valence-electron chi connectivity index (χ1n) is 3.73. The van der Waals surface area contributed by atoms with Gasteiger partial charge in [0.25, 0.3) is 0 Å². The fraction of sp³-hybridized carbons (Fsp3) is 0.385. The molecule has 0 N–H and O–H groups in total. The van der Waals surface area contributed by atoms with Gasteiger partial charge < -0.3 is 0 Å². The van der Waals surface area contributed by atoms with Gasteiger partial charge in [-0.05, 0) is 6.92 Å². The van der Waals surface area contributed by atoms with Crippen LogP contribution in [0, 0.1) is 0 Å². The molecule has 0 saturated heterocycles. The Bertz CT molecular complexity index is 107. The van der Waals surface area contributed by atoms with Crippen molar-refractivity contribution in [1.82, 2.24) is 0 Å². The largest absolute Gasteiger partial charge is 0.106 e. The van der Waals surface area contributed by atoms with Gasteiger partial charge in [-0.2, -0.15) is 0 Å². The summed E-state index contributed by atoms with van der Waals surface area (Å²) in [6, 6.07) is 0. The molecule has 0 nitrogen and oxygen atoms in total. The average molecular weight is 184 g/mol. The molecule has 0 aliphatic carbocycles. The highest BCUT2D eigenvalue weighted by Crippen LogP contribution is 1.90. The lowest BCUT2D eigenvalue weighted by atomic mass is 10.3. The minimum Gasteiger partial charge on any atom is -0.106 e. The summed E-state index contributed by atoms with van der Waals surface area (Å²) in [6.07, 6.45) is 5.45. The predicted octanol–water partition coefficient (Wildman–Crippen LogP) is 5.41. The molecule has 0 rings (SSSR count). The van der Waals surface area contributed by atoms with Crippen LogP contribution in [0.15, 0.2) is 50.1 Å². The van der Waals surface area contributed by atoms with Crippen LogP contribution in [0.4, 0.5) is 0 Å². The van der Waals surface area contributed by atoms with Crippen molar-refractivity contribution in [3.8, 4) is 0 Å². The van der Waals surface area contributed by atoms with E-state index in [0.29, 0.717) is 0 Å². The summed E-state index contributed by atoms with van der Waals surface area (Å²) in [7, 11) is 0. The second-order valence-corrected chi connectivity index (χ2v) is 1.35. The smallest absolute Gasteiger partial charge is 0.0398 e. The predicted molar refractivity (Wildman–Crippen MR) is 70.2 cm³/mol. The third kappa shape index (κ3) is 56.1. The van der Waals surface area contributed by atoms with Gasteiger partial charge in [0.1, 0.15) is 0 Å². The molecule has 0 heteroatoms. The number of rotatable bonds is 2. The summed E-state index contributed by atoms with van der Waals surface area (Å²) >= 11 is 0. The van der Waals surface area contributed by atoms with Crippen molar-refractivity contribution < 1.29 is 0 Å². The van der Waals surface area contributed by atoms with Gasteiger partial charge in [-0.1, -0.05) is 65.7 Å². The maximum Gasteiger partial charge on any atom is -0.0398 e. The fourth-order valence-electron chi connectivity index (χ4n) is 0.254. The van der Waals surface area contributed by atoms with Crippen LogP contribution >= 0.6 is 0 Å². The van der Waals surface area contributed by atoms with Crippen LogP contribution in [-0.2, 0) is 0 Å². The molecule has 0 bridgehead atoms. The lowest BCUT2D eigenvalue weighted by molar-refractivity contribution is 1.50. The molecule has 0 radical (unpaired) electrons. The number of allylic oxidation sites excluding steroid dienone is 4. The lowest BCUT2D eigenvalue weighted by Gasteiger charge is -1.80. The summed E-state index contributed by atoms with van der Waals surface area (Å²) in [5.41, 5.74) is 1.15. The molecule has 0 aliphatic heterocycles. The van der Waals surface area contributed by atoms with Gasteiger partial charge in [-0.15, -0.1) is 13.2 Å². The highest BCUT2D eigenvalue weighted by Gasteiger charge is 1.68. The summed E-state index contributed by atoms with van der Waals surface area (Å²) in [5.74, 6) is 0. The molecule has 0 aliphatic rings. The standard InChI is InChI=1S/C7H10.C2H6.C2H4.2CH4/c1-4-6-7(3)5-2;2*1-2;;/h4-6H,1-2H2,3H3;1-2H3;1-2H2;2*1H4/b7-6-;;;;.